The van der Waals surface area contributed by atoms with Gasteiger partial charge < -0.3 is 10.1 Å². The maximum atomic E-state index is 12.8. The minimum absolute atomic E-state index is 0.180. The van der Waals surface area contributed by atoms with Gasteiger partial charge in [0.2, 0.25) is 0 Å². The van der Waals surface area contributed by atoms with Crippen molar-refractivity contribution in [2.75, 3.05) is 6.61 Å². The number of amides is 1. The first-order valence-electron chi connectivity index (χ1n) is 9.38. The van der Waals surface area contributed by atoms with Crippen molar-refractivity contribution in [1.82, 2.24) is 15.5 Å². The first-order valence-corrected chi connectivity index (χ1v) is 9.38. The first kappa shape index (κ1) is 17.3. The van der Waals surface area contributed by atoms with Crippen molar-refractivity contribution in [2.24, 2.45) is 0 Å². The Morgan fingerprint density at radius 1 is 1.15 bits per heavy atom. The Hall–Kier alpha value is -3.08. The van der Waals surface area contributed by atoms with E-state index in [-0.39, 0.29) is 11.9 Å². The predicted octanol–water partition coefficient (Wildman–Crippen LogP) is 4.21. The third-order valence-electron chi connectivity index (χ3n) is 4.78. The van der Waals surface area contributed by atoms with Crippen molar-refractivity contribution >= 4 is 5.91 Å². The lowest BCUT2D eigenvalue weighted by Crippen LogP contribution is -2.29. The van der Waals surface area contributed by atoms with Gasteiger partial charge in [0.25, 0.3) is 5.91 Å². The third-order valence-corrected chi connectivity index (χ3v) is 4.78. The Bertz CT molecular complexity index is 899. The van der Waals surface area contributed by atoms with Crippen LogP contribution in [0.1, 0.15) is 59.0 Å². The number of nitrogens with zero attached hydrogens (tertiary/aromatic N) is 1. The van der Waals surface area contributed by atoms with Crippen LogP contribution in [0, 0.1) is 0 Å². The van der Waals surface area contributed by atoms with E-state index in [1.165, 1.54) is 12.8 Å². The molecule has 27 heavy (non-hydrogen) atoms. The lowest BCUT2D eigenvalue weighted by atomic mass is 9.98. The highest BCUT2D eigenvalue weighted by atomic mass is 16.5. The number of carbonyl (C=O) groups excluding carboxylic acids is 1. The zero-order valence-corrected chi connectivity index (χ0v) is 15.3. The smallest absolute Gasteiger partial charge is 0.272 e. The molecule has 1 aromatic heterocycles. The van der Waals surface area contributed by atoms with Crippen LogP contribution in [0.4, 0.5) is 0 Å². The van der Waals surface area contributed by atoms with Crippen LogP contribution in [0.15, 0.2) is 60.7 Å². The molecule has 1 amide bonds. The predicted molar refractivity (Wildman–Crippen MR) is 104 cm³/mol. The molecule has 0 saturated heterocycles. The van der Waals surface area contributed by atoms with Gasteiger partial charge in [-0.2, -0.15) is 5.10 Å². The van der Waals surface area contributed by atoms with E-state index < -0.39 is 0 Å². The van der Waals surface area contributed by atoms with Crippen molar-refractivity contribution in [1.29, 1.82) is 0 Å². The van der Waals surface area contributed by atoms with Crippen LogP contribution < -0.4 is 10.1 Å². The zero-order valence-electron chi connectivity index (χ0n) is 15.3. The molecule has 4 rings (SSSR count). The summed E-state index contributed by atoms with van der Waals surface area (Å²) in [4.78, 5) is 12.8. The second kappa shape index (κ2) is 7.66. The number of ether oxygens (including phenoxy) is 1. The normalized spacial score (nSPS) is 14.6. The number of aromatic amines is 1. The molecule has 1 aliphatic rings. The summed E-state index contributed by atoms with van der Waals surface area (Å²) in [7, 11) is 0. The highest BCUT2D eigenvalue weighted by molar-refractivity contribution is 5.93. The average molecular weight is 361 g/mol. The molecule has 0 radical (unpaired) electrons. The Labute approximate surface area is 158 Å². The van der Waals surface area contributed by atoms with Gasteiger partial charge in [0, 0.05) is 11.6 Å². The van der Waals surface area contributed by atoms with Crippen LogP contribution >= 0.6 is 0 Å². The second-order valence-electron chi connectivity index (χ2n) is 6.80. The molecule has 5 nitrogen and oxygen atoms in total. The highest BCUT2D eigenvalue weighted by Gasteiger charge is 2.27. The van der Waals surface area contributed by atoms with E-state index in [0.717, 1.165) is 22.6 Å². The van der Waals surface area contributed by atoms with Crippen LogP contribution in [0.5, 0.6) is 5.75 Å². The van der Waals surface area contributed by atoms with Crippen LogP contribution in [0.25, 0.3) is 0 Å². The molecule has 0 bridgehead atoms. The van der Waals surface area contributed by atoms with Crippen LogP contribution in [0.3, 0.4) is 0 Å². The van der Waals surface area contributed by atoms with Crippen molar-refractivity contribution in [3.05, 3.63) is 83.2 Å². The van der Waals surface area contributed by atoms with Gasteiger partial charge in [-0.1, -0.05) is 42.5 Å². The number of hydrogen-bond acceptors (Lipinski definition) is 3. The molecule has 5 heteroatoms. The lowest BCUT2D eigenvalue weighted by molar-refractivity contribution is 0.0938. The van der Waals surface area contributed by atoms with Gasteiger partial charge in [-0.15, -0.1) is 0 Å². The van der Waals surface area contributed by atoms with Gasteiger partial charge in [0.05, 0.1) is 12.6 Å². The van der Waals surface area contributed by atoms with Gasteiger partial charge >= 0.3 is 0 Å². The largest absolute Gasteiger partial charge is 0.494 e. The SMILES string of the molecule is CCOc1ccc(C(NC(=O)c2cc(C3CC3)[nH]n2)c2ccccc2)cc1. The van der Waals surface area contributed by atoms with Crippen LogP contribution in [-0.2, 0) is 0 Å². The van der Waals surface area contributed by atoms with E-state index in [0.29, 0.717) is 18.2 Å². The van der Waals surface area contributed by atoms with Crippen molar-refractivity contribution < 1.29 is 9.53 Å². The molecule has 1 atom stereocenters. The molecule has 0 aliphatic heterocycles. The third kappa shape index (κ3) is 4.03. The van der Waals surface area contributed by atoms with Gasteiger partial charge in [-0.05, 0) is 49.1 Å². The number of aromatic nitrogens is 2. The number of hydrogen-bond donors (Lipinski definition) is 2. The van der Waals surface area contributed by atoms with E-state index in [4.69, 9.17) is 4.74 Å². The van der Waals surface area contributed by atoms with Crippen molar-refractivity contribution in [3.63, 3.8) is 0 Å². The maximum absolute atomic E-state index is 12.8. The number of benzene rings is 2. The van der Waals surface area contributed by atoms with E-state index >= 15 is 0 Å². The summed E-state index contributed by atoms with van der Waals surface area (Å²) >= 11 is 0. The minimum Gasteiger partial charge on any atom is -0.494 e. The van der Waals surface area contributed by atoms with Gasteiger partial charge in [-0.3, -0.25) is 9.89 Å². The summed E-state index contributed by atoms with van der Waals surface area (Å²) in [5, 5.41) is 10.3. The molecule has 1 fully saturated rings. The molecule has 1 heterocycles. The number of carbonyl (C=O) groups is 1. The molecular weight excluding hydrogens is 338 g/mol. The van der Waals surface area contributed by atoms with E-state index in [1.807, 2.05) is 67.6 Å². The molecule has 138 valence electrons. The summed E-state index contributed by atoms with van der Waals surface area (Å²) in [5.41, 5.74) is 3.50. The van der Waals surface area contributed by atoms with Crippen LogP contribution in [-0.4, -0.2) is 22.7 Å². The summed E-state index contributed by atoms with van der Waals surface area (Å²) in [6.07, 6.45) is 2.34. The summed E-state index contributed by atoms with van der Waals surface area (Å²) in [6.45, 7) is 2.58. The molecule has 0 spiro atoms. The first-order chi connectivity index (χ1) is 13.2. The quantitative estimate of drug-likeness (QED) is 0.663. The topological polar surface area (TPSA) is 67.0 Å². The minimum atomic E-state index is -0.254. The van der Waals surface area contributed by atoms with Gasteiger partial charge in [0.15, 0.2) is 0 Å². The number of nitrogens with one attached hydrogen (secondary N) is 2. The van der Waals surface area contributed by atoms with Crippen LogP contribution in [0.2, 0.25) is 0 Å². The van der Waals surface area contributed by atoms with Gasteiger partial charge in [0.1, 0.15) is 11.4 Å². The number of H-pyrrole nitrogens is 1. The Balaban J connectivity index is 1.58. The fourth-order valence-corrected chi connectivity index (χ4v) is 3.19. The molecule has 2 N–H and O–H groups in total. The molecule has 3 aromatic rings. The highest BCUT2D eigenvalue weighted by Crippen LogP contribution is 2.39. The molecule has 2 aromatic carbocycles. The Morgan fingerprint density at radius 3 is 2.52 bits per heavy atom. The number of rotatable bonds is 7. The zero-order chi connectivity index (χ0) is 18.6. The lowest BCUT2D eigenvalue weighted by Gasteiger charge is -2.19. The molecule has 1 unspecified atom stereocenters. The van der Waals surface area contributed by atoms with E-state index in [1.54, 1.807) is 0 Å². The Morgan fingerprint density at radius 2 is 1.85 bits per heavy atom. The maximum Gasteiger partial charge on any atom is 0.272 e. The molecule has 1 aliphatic carbocycles. The Kier molecular flexibility index (Phi) is 4.92. The van der Waals surface area contributed by atoms with Crippen molar-refractivity contribution in [2.45, 2.75) is 31.7 Å². The summed E-state index contributed by atoms with van der Waals surface area (Å²) in [5.74, 6) is 1.18. The monoisotopic (exact) mass is 361 g/mol. The fraction of sp³-hybridized carbons (Fsp3) is 0.273. The summed E-state index contributed by atoms with van der Waals surface area (Å²) < 4.78 is 5.53. The van der Waals surface area contributed by atoms with E-state index in [2.05, 4.69) is 15.5 Å². The fourth-order valence-electron chi connectivity index (χ4n) is 3.19. The summed E-state index contributed by atoms with van der Waals surface area (Å²) in [6, 6.07) is 19.4. The second-order valence-corrected chi connectivity index (χ2v) is 6.80. The standard InChI is InChI=1S/C22H23N3O2/c1-2-27-18-12-10-17(11-13-18)21(16-6-4-3-5-7-16)23-22(26)20-14-19(24-25-20)15-8-9-15/h3-7,10-15,21H,2,8-9H2,1H3,(H,23,26)(H,24,25). The van der Waals surface area contributed by atoms with Gasteiger partial charge in [-0.25, -0.2) is 0 Å². The van der Waals surface area contributed by atoms with E-state index in [9.17, 15) is 4.79 Å². The molecular formula is C22H23N3O2. The van der Waals surface area contributed by atoms with Crippen molar-refractivity contribution in [3.8, 4) is 5.75 Å². The average Bonchev–Trinajstić information content (AvgIpc) is 3.44. The molecule has 1 saturated carbocycles.